The lowest BCUT2D eigenvalue weighted by molar-refractivity contribution is 0.560. The average molecular weight is 192 g/mol. The van der Waals surface area contributed by atoms with Crippen LogP contribution >= 0.6 is 0 Å². The molecule has 0 fully saturated rings. The van der Waals surface area contributed by atoms with E-state index in [-0.39, 0.29) is 5.41 Å². The van der Waals surface area contributed by atoms with Gasteiger partial charge in [-0.3, -0.25) is 0 Å². The SMILES string of the molecule is CCCc1ccc(N)nc1C(C)(C)C. The number of nitrogens with two attached hydrogens (primary N) is 1. The smallest absolute Gasteiger partial charge is 0.123 e. The van der Waals surface area contributed by atoms with Crippen LogP contribution in [0.5, 0.6) is 0 Å². The Morgan fingerprint density at radius 2 is 1.93 bits per heavy atom. The van der Waals surface area contributed by atoms with Crippen molar-refractivity contribution in [2.24, 2.45) is 0 Å². The Bertz CT molecular complexity index is 311. The normalized spacial score (nSPS) is 11.7. The minimum Gasteiger partial charge on any atom is -0.384 e. The van der Waals surface area contributed by atoms with Crippen LogP contribution in [0.2, 0.25) is 0 Å². The molecule has 0 amide bonds. The van der Waals surface area contributed by atoms with Crippen molar-refractivity contribution >= 4 is 5.82 Å². The van der Waals surface area contributed by atoms with E-state index in [4.69, 9.17) is 5.73 Å². The summed E-state index contributed by atoms with van der Waals surface area (Å²) in [6.45, 7) is 8.71. The predicted octanol–water partition coefficient (Wildman–Crippen LogP) is 2.91. The highest BCUT2D eigenvalue weighted by Crippen LogP contribution is 2.25. The number of nitrogens with zero attached hydrogens (tertiary/aromatic N) is 1. The van der Waals surface area contributed by atoms with Gasteiger partial charge in [0, 0.05) is 5.41 Å². The van der Waals surface area contributed by atoms with Crippen molar-refractivity contribution < 1.29 is 0 Å². The highest BCUT2D eigenvalue weighted by Gasteiger charge is 2.19. The molecule has 1 rings (SSSR count). The topological polar surface area (TPSA) is 38.9 Å². The van der Waals surface area contributed by atoms with Crippen LogP contribution in [0.25, 0.3) is 0 Å². The van der Waals surface area contributed by atoms with Crippen LogP contribution in [0, 0.1) is 0 Å². The minimum atomic E-state index is 0.0832. The van der Waals surface area contributed by atoms with Crippen LogP contribution in [0.3, 0.4) is 0 Å². The van der Waals surface area contributed by atoms with E-state index in [0.717, 1.165) is 18.5 Å². The van der Waals surface area contributed by atoms with Gasteiger partial charge in [-0.15, -0.1) is 0 Å². The van der Waals surface area contributed by atoms with Crippen LogP contribution in [0.15, 0.2) is 12.1 Å². The summed E-state index contributed by atoms with van der Waals surface area (Å²) in [5.74, 6) is 0.620. The number of rotatable bonds is 2. The average Bonchev–Trinajstić information content (AvgIpc) is 2.07. The molecule has 0 radical (unpaired) electrons. The molecule has 0 unspecified atom stereocenters. The summed E-state index contributed by atoms with van der Waals surface area (Å²) >= 11 is 0. The zero-order valence-electron chi connectivity index (χ0n) is 9.59. The molecule has 1 aromatic heterocycles. The van der Waals surface area contributed by atoms with E-state index in [0.29, 0.717) is 5.82 Å². The Kier molecular flexibility index (Phi) is 3.14. The summed E-state index contributed by atoms with van der Waals surface area (Å²) in [4.78, 5) is 4.44. The number of hydrogen-bond donors (Lipinski definition) is 1. The van der Waals surface area contributed by atoms with E-state index in [9.17, 15) is 0 Å². The molecule has 0 bridgehead atoms. The summed E-state index contributed by atoms with van der Waals surface area (Å²) < 4.78 is 0. The quantitative estimate of drug-likeness (QED) is 0.782. The molecule has 1 heterocycles. The van der Waals surface area contributed by atoms with Crippen molar-refractivity contribution in [2.75, 3.05) is 5.73 Å². The molecule has 0 aliphatic carbocycles. The van der Waals surface area contributed by atoms with Gasteiger partial charge in [-0.2, -0.15) is 0 Å². The minimum absolute atomic E-state index is 0.0832. The first-order valence-electron chi connectivity index (χ1n) is 5.21. The summed E-state index contributed by atoms with van der Waals surface area (Å²) in [7, 11) is 0. The Hall–Kier alpha value is -1.05. The number of pyridine rings is 1. The van der Waals surface area contributed by atoms with Crippen molar-refractivity contribution in [1.29, 1.82) is 0 Å². The fraction of sp³-hybridized carbons (Fsp3) is 0.583. The van der Waals surface area contributed by atoms with Crippen molar-refractivity contribution in [2.45, 2.75) is 46.0 Å². The van der Waals surface area contributed by atoms with Gasteiger partial charge in [-0.05, 0) is 18.1 Å². The number of nitrogen functional groups attached to an aromatic ring is 1. The molecule has 0 aliphatic rings. The maximum absolute atomic E-state index is 5.71. The Morgan fingerprint density at radius 1 is 1.29 bits per heavy atom. The lowest BCUT2D eigenvalue weighted by Crippen LogP contribution is -2.17. The van der Waals surface area contributed by atoms with Gasteiger partial charge < -0.3 is 5.73 Å². The second-order valence-corrected chi connectivity index (χ2v) is 4.74. The summed E-state index contributed by atoms with van der Waals surface area (Å²) in [6.07, 6.45) is 2.23. The highest BCUT2D eigenvalue weighted by molar-refractivity contribution is 5.37. The van der Waals surface area contributed by atoms with E-state index >= 15 is 0 Å². The molecule has 14 heavy (non-hydrogen) atoms. The molecule has 2 heteroatoms. The molecular formula is C12H20N2. The van der Waals surface area contributed by atoms with Gasteiger partial charge in [0.05, 0.1) is 5.69 Å². The van der Waals surface area contributed by atoms with Crippen molar-refractivity contribution in [3.8, 4) is 0 Å². The molecule has 2 nitrogen and oxygen atoms in total. The zero-order valence-corrected chi connectivity index (χ0v) is 9.59. The number of anilines is 1. The standard InChI is InChI=1S/C12H20N2/c1-5-6-9-7-8-10(13)14-11(9)12(2,3)4/h7-8H,5-6H2,1-4H3,(H2,13,14). The molecule has 78 valence electrons. The fourth-order valence-corrected chi connectivity index (χ4v) is 1.62. The van der Waals surface area contributed by atoms with E-state index in [1.807, 2.05) is 6.07 Å². The Morgan fingerprint density at radius 3 is 2.43 bits per heavy atom. The van der Waals surface area contributed by atoms with Crippen LogP contribution in [-0.2, 0) is 11.8 Å². The summed E-state index contributed by atoms with van der Waals surface area (Å²) in [5.41, 5.74) is 8.26. The van der Waals surface area contributed by atoms with Gasteiger partial charge in [0.15, 0.2) is 0 Å². The van der Waals surface area contributed by atoms with E-state index < -0.39 is 0 Å². The van der Waals surface area contributed by atoms with Crippen molar-refractivity contribution in [3.05, 3.63) is 23.4 Å². The van der Waals surface area contributed by atoms with Gasteiger partial charge in [0.25, 0.3) is 0 Å². The molecule has 0 saturated heterocycles. The lowest BCUT2D eigenvalue weighted by Gasteiger charge is -2.21. The molecule has 0 aromatic carbocycles. The third kappa shape index (κ3) is 2.47. The third-order valence-electron chi connectivity index (χ3n) is 2.23. The first-order chi connectivity index (χ1) is 6.45. The highest BCUT2D eigenvalue weighted by atomic mass is 14.8. The maximum Gasteiger partial charge on any atom is 0.123 e. The number of aromatic nitrogens is 1. The van der Waals surface area contributed by atoms with E-state index in [2.05, 4.69) is 38.7 Å². The van der Waals surface area contributed by atoms with Gasteiger partial charge >= 0.3 is 0 Å². The molecule has 2 N–H and O–H groups in total. The monoisotopic (exact) mass is 192 g/mol. The van der Waals surface area contributed by atoms with Gasteiger partial charge in [0.1, 0.15) is 5.82 Å². The number of hydrogen-bond acceptors (Lipinski definition) is 2. The van der Waals surface area contributed by atoms with Crippen LogP contribution < -0.4 is 5.73 Å². The van der Waals surface area contributed by atoms with Crippen molar-refractivity contribution in [3.63, 3.8) is 0 Å². The second kappa shape index (κ2) is 3.99. The zero-order chi connectivity index (χ0) is 10.8. The van der Waals surface area contributed by atoms with Crippen LogP contribution in [0.1, 0.15) is 45.4 Å². The molecule has 0 aliphatic heterocycles. The third-order valence-corrected chi connectivity index (χ3v) is 2.23. The Balaban J connectivity index is 3.16. The van der Waals surface area contributed by atoms with Gasteiger partial charge in [0.2, 0.25) is 0 Å². The Labute approximate surface area is 86.5 Å². The van der Waals surface area contributed by atoms with E-state index in [1.165, 1.54) is 5.56 Å². The lowest BCUT2D eigenvalue weighted by atomic mass is 9.87. The second-order valence-electron chi connectivity index (χ2n) is 4.74. The van der Waals surface area contributed by atoms with Crippen LogP contribution in [0.4, 0.5) is 5.82 Å². The van der Waals surface area contributed by atoms with Gasteiger partial charge in [-0.1, -0.05) is 40.2 Å². The van der Waals surface area contributed by atoms with Crippen molar-refractivity contribution in [1.82, 2.24) is 4.98 Å². The van der Waals surface area contributed by atoms with E-state index in [1.54, 1.807) is 0 Å². The van der Waals surface area contributed by atoms with Gasteiger partial charge in [-0.25, -0.2) is 4.98 Å². The molecular weight excluding hydrogens is 172 g/mol. The fourth-order valence-electron chi connectivity index (χ4n) is 1.62. The van der Waals surface area contributed by atoms with Crippen LogP contribution in [-0.4, -0.2) is 4.98 Å². The maximum atomic E-state index is 5.71. The largest absolute Gasteiger partial charge is 0.384 e. The number of aryl methyl sites for hydroxylation is 1. The summed E-state index contributed by atoms with van der Waals surface area (Å²) in [6, 6.07) is 3.99. The molecule has 0 atom stereocenters. The predicted molar refractivity (Wildman–Crippen MR) is 61.3 cm³/mol. The molecule has 0 saturated carbocycles. The summed E-state index contributed by atoms with van der Waals surface area (Å²) in [5, 5.41) is 0. The first-order valence-corrected chi connectivity index (χ1v) is 5.21. The first kappa shape index (κ1) is 11.0. The molecule has 1 aromatic rings. The molecule has 0 spiro atoms.